The van der Waals surface area contributed by atoms with E-state index in [1.54, 1.807) is 0 Å². The second kappa shape index (κ2) is 5.66. The van der Waals surface area contributed by atoms with Crippen LogP contribution in [0.15, 0.2) is 42.5 Å². The third-order valence-corrected chi connectivity index (χ3v) is 3.43. The molecule has 21 heavy (non-hydrogen) atoms. The van der Waals surface area contributed by atoms with Crippen molar-refractivity contribution in [1.82, 2.24) is 15.0 Å². The fourth-order valence-corrected chi connectivity index (χ4v) is 2.50. The molecule has 2 heterocycles. The molecule has 5 heteroatoms. The van der Waals surface area contributed by atoms with Crippen LogP contribution in [-0.2, 0) is 6.54 Å². The van der Waals surface area contributed by atoms with Crippen molar-refractivity contribution in [2.24, 2.45) is 0 Å². The van der Waals surface area contributed by atoms with E-state index >= 15 is 0 Å². The fourth-order valence-electron chi connectivity index (χ4n) is 2.33. The van der Waals surface area contributed by atoms with E-state index in [2.05, 4.69) is 15.0 Å². The Kier molecular flexibility index (Phi) is 3.71. The number of anilines is 1. The second-order valence-electron chi connectivity index (χ2n) is 4.96. The Labute approximate surface area is 128 Å². The molecule has 0 saturated heterocycles. The largest absolute Gasteiger partial charge is 0.353 e. The second-order valence-corrected chi connectivity index (χ2v) is 5.30. The highest BCUT2D eigenvalue weighted by molar-refractivity contribution is 6.28. The van der Waals surface area contributed by atoms with E-state index in [9.17, 15) is 0 Å². The highest BCUT2D eigenvalue weighted by Crippen LogP contribution is 2.25. The minimum atomic E-state index is 0.257. The summed E-state index contributed by atoms with van der Waals surface area (Å²) in [6.07, 6.45) is 0. The highest BCUT2D eigenvalue weighted by atomic mass is 35.5. The number of halogens is 1. The molecule has 0 aliphatic rings. The van der Waals surface area contributed by atoms with E-state index in [0.29, 0.717) is 6.54 Å². The zero-order valence-electron chi connectivity index (χ0n) is 11.9. The summed E-state index contributed by atoms with van der Waals surface area (Å²) in [6, 6.07) is 13.9. The molecule has 0 aliphatic heterocycles. The molecule has 106 valence electrons. The van der Waals surface area contributed by atoms with E-state index in [1.165, 1.54) is 0 Å². The Morgan fingerprint density at radius 3 is 2.62 bits per heavy atom. The van der Waals surface area contributed by atoms with Crippen molar-refractivity contribution in [1.29, 1.82) is 0 Å². The number of nitrogens with zero attached hydrogens (tertiary/aromatic N) is 4. The number of pyridine rings is 1. The molecule has 3 rings (SSSR count). The summed E-state index contributed by atoms with van der Waals surface area (Å²) >= 11 is 6.03. The Morgan fingerprint density at radius 1 is 1.00 bits per heavy atom. The Balaban J connectivity index is 1.99. The number of hydrogen-bond donors (Lipinski definition) is 0. The minimum absolute atomic E-state index is 0.257. The molecule has 0 N–H and O–H groups in total. The number of para-hydroxylation sites is 1. The van der Waals surface area contributed by atoms with E-state index < -0.39 is 0 Å². The molecule has 0 unspecified atom stereocenters. The average Bonchev–Trinajstić information content (AvgIpc) is 2.46. The van der Waals surface area contributed by atoms with Gasteiger partial charge in [0.1, 0.15) is 5.82 Å². The van der Waals surface area contributed by atoms with Crippen molar-refractivity contribution < 1.29 is 0 Å². The average molecular weight is 299 g/mol. The Morgan fingerprint density at radius 2 is 1.81 bits per heavy atom. The maximum Gasteiger partial charge on any atom is 0.224 e. The number of aromatic nitrogens is 3. The molecule has 0 atom stereocenters. The van der Waals surface area contributed by atoms with Gasteiger partial charge in [-0.1, -0.05) is 18.2 Å². The van der Waals surface area contributed by atoms with Crippen LogP contribution in [-0.4, -0.2) is 22.0 Å². The molecular formula is C16H15ClN4. The fraction of sp³-hybridized carbons (Fsp3) is 0.188. The quantitative estimate of drug-likeness (QED) is 0.693. The summed E-state index contributed by atoms with van der Waals surface area (Å²) in [6.45, 7) is 2.65. The lowest BCUT2D eigenvalue weighted by molar-refractivity contribution is 0.861. The van der Waals surface area contributed by atoms with Crippen LogP contribution in [0.5, 0.6) is 0 Å². The van der Waals surface area contributed by atoms with Crippen molar-refractivity contribution >= 4 is 28.3 Å². The summed E-state index contributed by atoms with van der Waals surface area (Å²) in [7, 11) is 1.98. The molecule has 0 saturated carbocycles. The molecule has 3 aromatic rings. The van der Waals surface area contributed by atoms with Gasteiger partial charge in [0.2, 0.25) is 5.28 Å². The lowest BCUT2D eigenvalue weighted by Crippen LogP contribution is -2.19. The zero-order chi connectivity index (χ0) is 14.8. The van der Waals surface area contributed by atoms with Crippen LogP contribution < -0.4 is 4.90 Å². The van der Waals surface area contributed by atoms with Crippen LogP contribution in [0, 0.1) is 6.92 Å². The lowest BCUT2D eigenvalue weighted by atomic mass is 10.2. The topological polar surface area (TPSA) is 41.9 Å². The van der Waals surface area contributed by atoms with Crippen LogP contribution in [0.3, 0.4) is 0 Å². The van der Waals surface area contributed by atoms with Gasteiger partial charge in [0.05, 0.1) is 17.8 Å². The first-order chi connectivity index (χ1) is 10.1. The number of rotatable bonds is 3. The van der Waals surface area contributed by atoms with Gasteiger partial charge in [-0.05, 0) is 42.8 Å². The van der Waals surface area contributed by atoms with Gasteiger partial charge >= 0.3 is 0 Å². The van der Waals surface area contributed by atoms with Crippen molar-refractivity contribution in [3.05, 3.63) is 59.1 Å². The van der Waals surface area contributed by atoms with Gasteiger partial charge in [-0.2, -0.15) is 4.98 Å². The van der Waals surface area contributed by atoms with Gasteiger partial charge in [0.15, 0.2) is 0 Å². The smallest absolute Gasteiger partial charge is 0.224 e. The maximum atomic E-state index is 6.03. The van der Waals surface area contributed by atoms with Crippen LogP contribution in [0.4, 0.5) is 5.82 Å². The molecule has 0 amide bonds. The van der Waals surface area contributed by atoms with Gasteiger partial charge in [-0.15, -0.1) is 0 Å². The van der Waals surface area contributed by atoms with Crippen molar-refractivity contribution in [3.8, 4) is 0 Å². The molecule has 0 aliphatic carbocycles. The number of aryl methyl sites for hydroxylation is 1. The Hall–Kier alpha value is -2.20. The van der Waals surface area contributed by atoms with Crippen molar-refractivity contribution in [2.45, 2.75) is 13.5 Å². The van der Waals surface area contributed by atoms with Gasteiger partial charge in [-0.3, -0.25) is 4.98 Å². The van der Waals surface area contributed by atoms with E-state index in [4.69, 9.17) is 11.6 Å². The molecular weight excluding hydrogens is 284 g/mol. The number of benzene rings is 1. The van der Waals surface area contributed by atoms with Gasteiger partial charge in [0, 0.05) is 18.1 Å². The van der Waals surface area contributed by atoms with Crippen molar-refractivity contribution in [3.63, 3.8) is 0 Å². The molecule has 1 aromatic carbocycles. The van der Waals surface area contributed by atoms with Crippen LogP contribution in [0.25, 0.3) is 10.9 Å². The summed E-state index contributed by atoms with van der Waals surface area (Å²) in [4.78, 5) is 15.2. The normalized spacial score (nSPS) is 10.8. The van der Waals surface area contributed by atoms with Gasteiger partial charge in [0.25, 0.3) is 0 Å². The Bertz CT molecular complexity index is 788. The van der Waals surface area contributed by atoms with E-state index in [0.717, 1.165) is 28.1 Å². The minimum Gasteiger partial charge on any atom is -0.353 e. The third-order valence-electron chi connectivity index (χ3n) is 3.26. The first-order valence-corrected chi connectivity index (χ1v) is 7.07. The van der Waals surface area contributed by atoms with Crippen molar-refractivity contribution in [2.75, 3.05) is 11.9 Å². The van der Waals surface area contributed by atoms with Crippen LogP contribution in [0.2, 0.25) is 5.28 Å². The highest BCUT2D eigenvalue weighted by Gasteiger charge is 2.11. The molecule has 0 radical (unpaired) electrons. The van der Waals surface area contributed by atoms with E-state index in [-0.39, 0.29) is 5.28 Å². The number of fused-ring (bicyclic) bond motifs is 1. The zero-order valence-corrected chi connectivity index (χ0v) is 12.7. The molecule has 0 fully saturated rings. The van der Waals surface area contributed by atoms with Crippen LogP contribution >= 0.6 is 11.6 Å². The van der Waals surface area contributed by atoms with Crippen LogP contribution in [0.1, 0.15) is 11.4 Å². The maximum absolute atomic E-state index is 6.03. The molecule has 2 aromatic heterocycles. The standard InChI is InChI=1S/C16H15ClN4/c1-11-6-5-7-12(18-11)10-21(2)15-13-8-3-4-9-14(13)19-16(17)20-15/h3-9H,10H2,1-2H3. The van der Waals surface area contributed by atoms with Gasteiger partial charge in [-0.25, -0.2) is 4.98 Å². The summed E-state index contributed by atoms with van der Waals surface area (Å²) in [5, 5.41) is 1.24. The number of hydrogen-bond acceptors (Lipinski definition) is 4. The summed E-state index contributed by atoms with van der Waals surface area (Å²) in [5.41, 5.74) is 2.85. The first kappa shape index (κ1) is 13.8. The molecule has 0 spiro atoms. The monoisotopic (exact) mass is 298 g/mol. The third kappa shape index (κ3) is 2.95. The lowest BCUT2D eigenvalue weighted by Gasteiger charge is -2.19. The SMILES string of the molecule is Cc1cccc(CN(C)c2nc(Cl)nc3ccccc23)n1. The molecule has 4 nitrogen and oxygen atoms in total. The molecule has 0 bridgehead atoms. The first-order valence-electron chi connectivity index (χ1n) is 6.69. The van der Waals surface area contributed by atoms with Gasteiger partial charge < -0.3 is 4.90 Å². The predicted molar refractivity (Wildman–Crippen MR) is 85.6 cm³/mol. The summed E-state index contributed by atoms with van der Waals surface area (Å²) < 4.78 is 0. The predicted octanol–water partition coefficient (Wildman–Crippen LogP) is 3.62. The summed E-state index contributed by atoms with van der Waals surface area (Å²) in [5.74, 6) is 0.814. The van der Waals surface area contributed by atoms with E-state index in [1.807, 2.05) is 61.3 Å².